The molecule has 4 aliphatic carbocycles. The van der Waals surface area contributed by atoms with Crippen molar-refractivity contribution in [3.63, 3.8) is 0 Å². The number of aliphatic hydroxyl groups excluding tert-OH is 1. The summed E-state index contributed by atoms with van der Waals surface area (Å²) in [6.45, 7) is 7.03. The van der Waals surface area contributed by atoms with Crippen LogP contribution in [-0.2, 0) is 0 Å². The Hall–Kier alpha value is -0.340. The van der Waals surface area contributed by atoms with Crippen molar-refractivity contribution in [2.24, 2.45) is 28.6 Å². The van der Waals surface area contributed by atoms with E-state index >= 15 is 0 Å². The SMILES string of the molecule is CC[C@]1(O)CCC2C3CC=C4CC(O)CC[C@]4(C)C3CC[C@@]21C. The number of hydrogen-bond acceptors (Lipinski definition) is 2. The molecule has 4 aliphatic rings. The zero-order valence-corrected chi connectivity index (χ0v) is 15.1. The zero-order chi connectivity index (χ0) is 16.5. The van der Waals surface area contributed by atoms with Gasteiger partial charge in [0.25, 0.3) is 0 Å². The highest BCUT2D eigenvalue weighted by molar-refractivity contribution is 5.26. The minimum atomic E-state index is -0.434. The first-order valence-electron chi connectivity index (χ1n) is 9.94. The van der Waals surface area contributed by atoms with Gasteiger partial charge in [-0.15, -0.1) is 0 Å². The van der Waals surface area contributed by atoms with E-state index in [1.807, 2.05) is 0 Å². The van der Waals surface area contributed by atoms with E-state index in [0.717, 1.165) is 43.9 Å². The van der Waals surface area contributed by atoms with Crippen LogP contribution in [0.15, 0.2) is 11.6 Å². The Balaban J connectivity index is 1.68. The van der Waals surface area contributed by atoms with E-state index < -0.39 is 5.60 Å². The van der Waals surface area contributed by atoms with Crippen molar-refractivity contribution in [1.29, 1.82) is 0 Å². The summed E-state index contributed by atoms with van der Waals surface area (Å²) >= 11 is 0. The van der Waals surface area contributed by atoms with Crippen LogP contribution in [0.25, 0.3) is 0 Å². The van der Waals surface area contributed by atoms with Crippen molar-refractivity contribution >= 4 is 0 Å². The van der Waals surface area contributed by atoms with Crippen molar-refractivity contribution < 1.29 is 10.2 Å². The van der Waals surface area contributed by atoms with Gasteiger partial charge in [-0.3, -0.25) is 0 Å². The van der Waals surface area contributed by atoms with Crippen molar-refractivity contribution in [3.05, 3.63) is 11.6 Å². The summed E-state index contributed by atoms with van der Waals surface area (Å²) in [6.07, 6.45) is 12.2. The predicted octanol–water partition coefficient (Wildman–Crippen LogP) is 4.45. The van der Waals surface area contributed by atoms with Crippen LogP contribution in [0.3, 0.4) is 0 Å². The average Bonchev–Trinajstić information content (AvgIpc) is 2.80. The quantitative estimate of drug-likeness (QED) is 0.701. The molecule has 130 valence electrons. The van der Waals surface area contributed by atoms with Gasteiger partial charge in [0.1, 0.15) is 0 Å². The Labute approximate surface area is 141 Å². The molecule has 4 rings (SSSR count). The average molecular weight is 319 g/mol. The molecule has 0 heterocycles. The fourth-order valence-corrected chi connectivity index (χ4v) is 7.33. The van der Waals surface area contributed by atoms with Gasteiger partial charge >= 0.3 is 0 Å². The first-order valence-corrected chi connectivity index (χ1v) is 9.94. The molecule has 3 fully saturated rings. The molecule has 0 saturated heterocycles. The van der Waals surface area contributed by atoms with Gasteiger partial charge in [-0.05, 0) is 86.4 Å². The summed E-state index contributed by atoms with van der Waals surface area (Å²) in [7, 11) is 0. The minimum absolute atomic E-state index is 0.114. The first-order chi connectivity index (χ1) is 10.8. The lowest BCUT2D eigenvalue weighted by atomic mass is 9.47. The van der Waals surface area contributed by atoms with Crippen molar-refractivity contribution in [2.45, 2.75) is 90.3 Å². The van der Waals surface area contributed by atoms with Crippen LogP contribution in [0.1, 0.15) is 78.6 Å². The monoisotopic (exact) mass is 318 g/mol. The second kappa shape index (κ2) is 5.08. The fourth-order valence-electron chi connectivity index (χ4n) is 7.33. The van der Waals surface area contributed by atoms with Gasteiger partial charge in [0.2, 0.25) is 0 Å². The fraction of sp³-hybridized carbons (Fsp3) is 0.905. The van der Waals surface area contributed by atoms with Gasteiger partial charge in [0, 0.05) is 0 Å². The number of hydrogen-bond donors (Lipinski definition) is 2. The van der Waals surface area contributed by atoms with E-state index in [9.17, 15) is 10.2 Å². The molecule has 0 bridgehead atoms. The van der Waals surface area contributed by atoms with E-state index in [-0.39, 0.29) is 11.5 Å². The van der Waals surface area contributed by atoms with Crippen LogP contribution in [0.4, 0.5) is 0 Å². The molecule has 2 nitrogen and oxygen atoms in total. The molecule has 0 aromatic rings. The van der Waals surface area contributed by atoms with E-state index in [1.165, 1.54) is 25.7 Å². The first kappa shape index (κ1) is 16.1. The second-order valence-corrected chi connectivity index (χ2v) is 9.54. The Kier molecular flexibility index (Phi) is 3.57. The van der Waals surface area contributed by atoms with E-state index in [2.05, 4.69) is 26.8 Å². The normalized spacial score (nSPS) is 55.6. The molecule has 0 aliphatic heterocycles. The molecule has 0 aromatic carbocycles. The maximum Gasteiger partial charge on any atom is 0.0701 e. The van der Waals surface area contributed by atoms with Gasteiger partial charge < -0.3 is 10.2 Å². The molecule has 0 spiro atoms. The van der Waals surface area contributed by atoms with E-state index in [1.54, 1.807) is 5.57 Å². The Morgan fingerprint density at radius 1 is 1.09 bits per heavy atom. The molecule has 0 radical (unpaired) electrons. The molecular weight excluding hydrogens is 284 g/mol. The lowest BCUT2D eigenvalue weighted by Crippen LogP contribution is -2.54. The van der Waals surface area contributed by atoms with Crippen LogP contribution in [-0.4, -0.2) is 21.9 Å². The van der Waals surface area contributed by atoms with Crippen LogP contribution < -0.4 is 0 Å². The van der Waals surface area contributed by atoms with Crippen LogP contribution in [0.5, 0.6) is 0 Å². The summed E-state index contributed by atoms with van der Waals surface area (Å²) in [4.78, 5) is 0. The topological polar surface area (TPSA) is 40.5 Å². The lowest BCUT2D eigenvalue weighted by molar-refractivity contribution is -0.125. The lowest BCUT2D eigenvalue weighted by Gasteiger charge is -2.59. The molecule has 3 saturated carbocycles. The largest absolute Gasteiger partial charge is 0.393 e. The summed E-state index contributed by atoms with van der Waals surface area (Å²) < 4.78 is 0. The third-order valence-corrected chi connectivity index (χ3v) is 8.98. The molecule has 23 heavy (non-hydrogen) atoms. The molecule has 4 unspecified atom stereocenters. The molecule has 0 aromatic heterocycles. The van der Waals surface area contributed by atoms with Crippen LogP contribution in [0, 0.1) is 28.6 Å². The van der Waals surface area contributed by atoms with Crippen molar-refractivity contribution in [3.8, 4) is 0 Å². The van der Waals surface area contributed by atoms with E-state index in [4.69, 9.17) is 0 Å². The maximum atomic E-state index is 11.2. The molecule has 0 amide bonds. The van der Waals surface area contributed by atoms with Gasteiger partial charge in [0.15, 0.2) is 0 Å². The molecular formula is C21H34O2. The highest BCUT2D eigenvalue weighted by Gasteiger charge is 2.62. The third-order valence-electron chi connectivity index (χ3n) is 8.98. The number of aliphatic hydroxyl groups is 2. The number of fused-ring (bicyclic) bond motifs is 5. The summed E-state index contributed by atoms with van der Waals surface area (Å²) in [5.74, 6) is 2.21. The van der Waals surface area contributed by atoms with Gasteiger partial charge in [-0.1, -0.05) is 32.4 Å². The van der Waals surface area contributed by atoms with Gasteiger partial charge in [-0.25, -0.2) is 0 Å². The van der Waals surface area contributed by atoms with Crippen LogP contribution in [0.2, 0.25) is 0 Å². The number of allylic oxidation sites excluding steroid dienone is 1. The maximum absolute atomic E-state index is 11.2. The van der Waals surface area contributed by atoms with Gasteiger partial charge in [0.05, 0.1) is 11.7 Å². The molecule has 2 N–H and O–H groups in total. The Bertz CT molecular complexity index is 526. The molecule has 7 atom stereocenters. The number of rotatable bonds is 1. The van der Waals surface area contributed by atoms with Crippen molar-refractivity contribution in [1.82, 2.24) is 0 Å². The smallest absolute Gasteiger partial charge is 0.0701 e. The molecule has 2 heteroatoms. The van der Waals surface area contributed by atoms with E-state index in [0.29, 0.717) is 11.3 Å². The van der Waals surface area contributed by atoms with Crippen molar-refractivity contribution in [2.75, 3.05) is 0 Å². The van der Waals surface area contributed by atoms with Crippen LogP contribution >= 0.6 is 0 Å². The second-order valence-electron chi connectivity index (χ2n) is 9.54. The summed E-state index contributed by atoms with van der Waals surface area (Å²) in [5.41, 5.74) is 1.55. The van der Waals surface area contributed by atoms with Gasteiger partial charge in [-0.2, -0.15) is 0 Å². The zero-order valence-electron chi connectivity index (χ0n) is 15.1. The highest BCUT2D eigenvalue weighted by Crippen LogP contribution is 2.67. The Morgan fingerprint density at radius 2 is 1.83 bits per heavy atom. The highest BCUT2D eigenvalue weighted by atomic mass is 16.3. The standard InChI is InChI=1S/C21H34O2/c1-4-21(23)12-9-18-16-6-5-14-13-15(22)7-10-19(14,2)17(16)8-11-20(18,21)3/h5,15-18,22-23H,4,6-13H2,1-3H3/t15?,16?,17?,18?,19-,20-,21-/m0/s1. The minimum Gasteiger partial charge on any atom is -0.393 e. The predicted molar refractivity (Wildman–Crippen MR) is 93.0 cm³/mol. The summed E-state index contributed by atoms with van der Waals surface area (Å²) in [5, 5.41) is 21.3. The summed E-state index contributed by atoms with van der Waals surface area (Å²) in [6, 6.07) is 0. The third kappa shape index (κ3) is 2.00. The Morgan fingerprint density at radius 3 is 2.57 bits per heavy atom.